The lowest BCUT2D eigenvalue weighted by molar-refractivity contribution is 0.329. The van der Waals surface area contributed by atoms with E-state index in [-0.39, 0.29) is 5.75 Å². The van der Waals surface area contributed by atoms with E-state index in [0.717, 1.165) is 30.8 Å². The van der Waals surface area contributed by atoms with Crippen molar-refractivity contribution in [2.75, 3.05) is 24.5 Å². The van der Waals surface area contributed by atoms with Gasteiger partial charge < -0.3 is 15.3 Å². The fourth-order valence-electron chi connectivity index (χ4n) is 4.48. The van der Waals surface area contributed by atoms with Gasteiger partial charge in [0.05, 0.1) is 6.20 Å². The normalized spacial score (nSPS) is 19.7. The van der Waals surface area contributed by atoms with Gasteiger partial charge in [-0.05, 0) is 42.0 Å². The Hall–Kier alpha value is -3.66. The van der Waals surface area contributed by atoms with Gasteiger partial charge in [-0.3, -0.25) is 0 Å². The lowest BCUT2D eigenvalue weighted by Gasteiger charge is -2.36. The van der Waals surface area contributed by atoms with Gasteiger partial charge in [0.1, 0.15) is 17.0 Å². The number of nitrogens with zero attached hydrogens (tertiary/aromatic N) is 8. The number of hydrogen-bond donors (Lipinski definition) is 2. The largest absolute Gasteiger partial charge is 0.507 e. The lowest BCUT2D eigenvalue weighted by atomic mass is 9.97. The van der Waals surface area contributed by atoms with Crippen molar-refractivity contribution in [3.8, 4) is 28.1 Å². The van der Waals surface area contributed by atoms with E-state index in [9.17, 15) is 5.11 Å². The van der Waals surface area contributed by atoms with Crippen LogP contribution in [-0.4, -0.2) is 65.9 Å². The molecule has 6 rings (SSSR count). The first kappa shape index (κ1) is 20.0. The highest BCUT2D eigenvalue weighted by molar-refractivity contribution is 5.79. The zero-order valence-electron chi connectivity index (χ0n) is 18.6. The minimum atomic E-state index is 0.111. The van der Waals surface area contributed by atoms with E-state index in [0.29, 0.717) is 39.8 Å². The smallest absolute Gasteiger partial charge is 0.245 e. The fourth-order valence-corrected chi connectivity index (χ4v) is 4.48. The SMILES string of the molecule is Cn1nc2cc(-c3ccc(-c4cnc(N5CCNC(C6(C)CC6)C5)nn4)c(O)c3)cnc2n1. The van der Waals surface area contributed by atoms with E-state index < -0.39 is 0 Å². The number of aromatic hydroxyl groups is 1. The molecule has 2 fully saturated rings. The van der Waals surface area contributed by atoms with Gasteiger partial charge in [-0.1, -0.05) is 13.0 Å². The summed E-state index contributed by atoms with van der Waals surface area (Å²) in [5.41, 5.74) is 4.48. The number of phenolic OH excluding ortho intramolecular Hbond substituents is 1. The quantitative estimate of drug-likeness (QED) is 0.489. The maximum absolute atomic E-state index is 10.7. The number of phenols is 1. The van der Waals surface area contributed by atoms with Gasteiger partial charge >= 0.3 is 0 Å². The topological polar surface area (TPSA) is 118 Å². The number of aryl methyl sites for hydroxylation is 1. The minimum absolute atomic E-state index is 0.111. The van der Waals surface area contributed by atoms with E-state index in [2.05, 4.69) is 47.5 Å². The third-order valence-corrected chi connectivity index (χ3v) is 6.83. The number of benzene rings is 1. The van der Waals surface area contributed by atoms with Crippen LogP contribution in [0.2, 0.25) is 0 Å². The summed E-state index contributed by atoms with van der Waals surface area (Å²) in [7, 11) is 1.76. The molecular weight excluding hydrogens is 418 g/mol. The summed E-state index contributed by atoms with van der Waals surface area (Å²) in [6, 6.07) is 7.80. The Labute approximate surface area is 190 Å². The highest BCUT2D eigenvalue weighted by Crippen LogP contribution is 2.48. The maximum atomic E-state index is 10.7. The predicted octanol–water partition coefficient (Wildman–Crippen LogP) is 2.17. The molecule has 1 aromatic carbocycles. The molecule has 4 heterocycles. The number of nitrogens with one attached hydrogen (secondary N) is 1. The Kier molecular flexibility index (Phi) is 4.51. The molecule has 0 amide bonds. The summed E-state index contributed by atoms with van der Waals surface area (Å²) in [6.07, 6.45) is 5.95. The minimum Gasteiger partial charge on any atom is -0.507 e. The van der Waals surface area contributed by atoms with E-state index >= 15 is 0 Å². The predicted molar refractivity (Wildman–Crippen MR) is 124 cm³/mol. The van der Waals surface area contributed by atoms with E-state index in [4.69, 9.17) is 0 Å². The van der Waals surface area contributed by atoms with Crippen LogP contribution in [0.3, 0.4) is 0 Å². The van der Waals surface area contributed by atoms with E-state index in [1.54, 1.807) is 25.5 Å². The average Bonchev–Trinajstić information content (AvgIpc) is 3.47. The van der Waals surface area contributed by atoms with Gasteiger partial charge in [0.25, 0.3) is 0 Å². The van der Waals surface area contributed by atoms with Gasteiger partial charge in [-0.15, -0.1) is 15.3 Å². The van der Waals surface area contributed by atoms with Crippen LogP contribution in [0.5, 0.6) is 5.75 Å². The molecule has 1 aliphatic carbocycles. The van der Waals surface area contributed by atoms with Crippen LogP contribution in [0.15, 0.2) is 36.7 Å². The summed E-state index contributed by atoms with van der Waals surface area (Å²) >= 11 is 0. The molecular formula is C23H25N9O. The number of piperazine rings is 1. The molecule has 1 unspecified atom stereocenters. The maximum Gasteiger partial charge on any atom is 0.245 e. The molecule has 2 N–H and O–H groups in total. The zero-order valence-corrected chi connectivity index (χ0v) is 18.6. The Morgan fingerprint density at radius 2 is 1.94 bits per heavy atom. The summed E-state index contributed by atoms with van der Waals surface area (Å²) in [4.78, 5) is 12.6. The number of fused-ring (bicyclic) bond motifs is 1. The van der Waals surface area contributed by atoms with Crippen molar-refractivity contribution in [1.29, 1.82) is 0 Å². The second-order valence-electron chi connectivity index (χ2n) is 9.24. The van der Waals surface area contributed by atoms with Gasteiger partial charge in [-0.25, -0.2) is 9.97 Å². The number of aromatic nitrogens is 7. The second-order valence-corrected chi connectivity index (χ2v) is 9.24. The molecule has 1 saturated heterocycles. The van der Waals surface area contributed by atoms with Gasteiger partial charge in [0.2, 0.25) is 11.6 Å². The Balaban J connectivity index is 1.23. The van der Waals surface area contributed by atoms with Crippen LogP contribution in [0.1, 0.15) is 19.8 Å². The van der Waals surface area contributed by atoms with Crippen LogP contribution in [0.4, 0.5) is 5.95 Å². The van der Waals surface area contributed by atoms with Crippen molar-refractivity contribution < 1.29 is 5.11 Å². The zero-order chi connectivity index (χ0) is 22.6. The third-order valence-electron chi connectivity index (χ3n) is 6.83. The first-order valence-electron chi connectivity index (χ1n) is 11.2. The molecule has 0 spiro atoms. The first-order valence-corrected chi connectivity index (χ1v) is 11.2. The average molecular weight is 444 g/mol. The molecule has 3 aromatic heterocycles. The van der Waals surface area contributed by atoms with Crippen molar-refractivity contribution in [1.82, 2.24) is 40.5 Å². The Morgan fingerprint density at radius 3 is 2.70 bits per heavy atom. The lowest BCUT2D eigenvalue weighted by Crippen LogP contribution is -2.54. The summed E-state index contributed by atoms with van der Waals surface area (Å²) in [5.74, 6) is 0.744. The highest BCUT2D eigenvalue weighted by Gasteiger charge is 2.46. The van der Waals surface area contributed by atoms with Crippen molar-refractivity contribution in [2.45, 2.75) is 25.8 Å². The number of anilines is 1. The molecule has 1 aliphatic heterocycles. The summed E-state index contributed by atoms with van der Waals surface area (Å²) < 4.78 is 0. The van der Waals surface area contributed by atoms with Gasteiger partial charge in [0.15, 0.2) is 0 Å². The van der Waals surface area contributed by atoms with Crippen molar-refractivity contribution in [3.63, 3.8) is 0 Å². The van der Waals surface area contributed by atoms with Crippen molar-refractivity contribution >= 4 is 17.1 Å². The van der Waals surface area contributed by atoms with Crippen LogP contribution < -0.4 is 10.2 Å². The Bertz CT molecular complexity index is 1330. The fraction of sp³-hybridized carbons (Fsp3) is 0.391. The number of pyridine rings is 1. The molecule has 1 saturated carbocycles. The molecule has 1 atom stereocenters. The van der Waals surface area contributed by atoms with Crippen LogP contribution in [0, 0.1) is 5.41 Å². The van der Waals surface area contributed by atoms with Crippen molar-refractivity contribution in [2.24, 2.45) is 12.5 Å². The Morgan fingerprint density at radius 1 is 1.06 bits per heavy atom. The van der Waals surface area contributed by atoms with Crippen LogP contribution >= 0.6 is 0 Å². The second kappa shape index (κ2) is 7.45. The summed E-state index contributed by atoms with van der Waals surface area (Å²) in [6.45, 7) is 5.01. The highest BCUT2D eigenvalue weighted by atomic mass is 16.3. The van der Waals surface area contributed by atoms with Crippen LogP contribution in [0.25, 0.3) is 33.5 Å². The van der Waals surface area contributed by atoms with E-state index in [1.807, 2.05) is 18.2 Å². The molecule has 33 heavy (non-hydrogen) atoms. The molecule has 0 bridgehead atoms. The summed E-state index contributed by atoms with van der Waals surface area (Å²) in [5, 5.41) is 31.6. The molecule has 2 aliphatic rings. The molecule has 10 nitrogen and oxygen atoms in total. The van der Waals surface area contributed by atoms with Gasteiger partial charge in [0, 0.05) is 50.0 Å². The monoisotopic (exact) mass is 443 g/mol. The molecule has 0 radical (unpaired) electrons. The third kappa shape index (κ3) is 3.66. The van der Waals surface area contributed by atoms with Gasteiger partial charge in [-0.2, -0.15) is 9.90 Å². The van der Waals surface area contributed by atoms with E-state index in [1.165, 1.54) is 17.6 Å². The first-order chi connectivity index (χ1) is 16.0. The standard InChI is InChI=1S/C23H25N9O/c1-23(5-6-23)20-13-32(8-7-24-20)22-26-12-18(27-28-22)16-4-3-14(10-19(16)33)15-9-17-21(25-11-15)30-31(2)29-17/h3-4,9-12,20,24,33H,5-8,13H2,1-2H3. The van der Waals surface area contributed by atoms with Crippen molar-refractivity contribution in [3.05, 3.63) is 36.7 Å². The van der Waals surface area contributed by atoms with Crippen LogP contribution in [-0.2, 0) is 7.05 Å². The molecule has 168 valence electrons. The number of rotatable bonds is 4. The molecule has 4 aromatic rings. The number of hydrogen-bond acceptors (Lipinski definition) is 9. The molecule has 10 heteroatoms.